The maximum Gasteiger partial charge on any atom is 0.325 e. The maximum absolute atomic E-state index is 12.5. The molecule has 0 unspecified atom stereocenters. The number of unbranched alkanes of at least 4 members (excludes halogenated alkanes) is 2. The van der Waals surface area contributed by atoms with Gasteiger partial charge in [0.05, 0.1) is 13.0 Å². The van der Waals surface area contributed by atoms with Gasteiger partial charge in [0.2, 0.25) is 5.91 Å². The van der Waals surface area contributed by atoms with Crippen molar-refractivity contribution >= 4 is 23.5 Å². The molecule has 1 fully saturated rings. The molecule has 0 saturated carbocycles. The first-order valence-electron chi connectivity index (χ1n) is 10.8. The van der Waals surface area contributed by atoms with Crippen molar-refractivity contribution in [2.45, 2.75) is 44.7 Å². The Morgan fingerprint density at radius 1 is 1.00 bits per heavy atom. The molecule has 9 nitrogen and oxygen atoms in total. The van der Waals surface area contributed by atoms with Crippen LogP contribution in [0.2, 0.25) is 0 Å². The molecule has 166 valence electrons. The van der Waals surface area contributed by atoms with E-state index in [4.69, 9.17) is 0 Å². The van der Waals surface area contributed by atoms with Gasteiger partial charge >= 0.3 is 6.03 Å². The molecule has 4 rings (SSSR count). The minimum Gasteiger partial charge on any atom is -0.356 e. The van der Waals surface area contributed by atoms with Crippen LogP contribution in [0.5, 0.6) is 0 Å². The maximum atomic E-state index is 12.5. The third-order valence-electron chi connectivity index (χ3n) is 5.46. The predicted molar refractivity (Wildman–Crippen MR) is 117 cm³/mol. The van der Waals surface area contributed by atoms with E-state index in [0.717, 1.165) is 47.6 Å². The Labute approximate surface area is 185 Å². The number of imide groups is 1. The molecular weight excluding hydrogens is 408 g/mol. The smallest absolute Gasteiger partial charge is 0.325 e. The number of aryl methyl sites for hydroxylation is 1. The van der Waals surface area contributed by atoms with E-state index in [0.29, 0.717) is 6.54 Å². The van der Waals surface area contributed by atoms with Gasteiger partial charge < -0.3 is 10.6 Å². The number of pyridine rings is 1. The Morgan fingerprint density at radius 2 is 1.81 bits per heavy atom. The molecule has 1 aliphatic rings. The highest BCUT2D eigenvalue weighted by Gasteiger charge is 2.38. The second-order valence-electron chi connectivity index (χ2n) is 7.82. The van der Waals surface area contributed by atoms with E-state index >= 15 is 0 Å². The number of benzene rings is 1. The topological polar surface area (TPSA) is 109 Å². The van der Waals surface area contributed by atoms with Crippen LogP contribution in [0.4, 0.5) is 4.79 Å². The summed E-state index contributed by atoms with van der Waals surface area (Å²) in [5, 5.41) is 13.8. The zero-order valence-corrected chi connectivity index (χ0v) is 17.7. The standard InChI is InChI=1S/C23H26N6O3/c30-21(15-18-22(31)29(23(32)25-18)16-17-9-3-1-4-10-17)24-13-7-2-5-11-19-26-27-20-12-6-8-14-28(19)20/h1,3-4,6,8-10,12,14,18H,2,5,7,11,13,15-16H2,(H,24,30)(H,25,32)/t18-/m0/s1. The largest absolute Gasteiger partial charge is 0.356 e. The summed E-state index contributed by atoms with van der Waals surface area (Å²) in [6.45, 7) is 0.729. The first kappa shape index (κ1) is 21.5. The average molecular weight is 435 g/mol. The lowest BCUT2D eigenvalue weighted by molar-refractivity contribution is -0.131. The predicted octanol–water partition coefficient (Wildman–Crippen LogP) is 2.07. The summed E-state index contributed by atoms with van der Waals surface area (Å²) in [6, 6.07) is 13.8. The van der Waals surface area contributed by atoms with E-state index in [-0.39, 0.29) is 24.8 Å². The van der Waals surface area contributed by atoms with Crippen molar-refractivity contribution in [2.24, 2.45) is 0 Å². The van der Waals surface area contributed by atoms with Gasteiger partial charge in [-0.25, -0.2) is 4.79 Å². The van der Waals surface area contributed by atoms with Crippen molar-refractivity contribution in [2.75, 3.05) is 6.54 Å². The first-order chi connectivity index (χ1) is 15.6. The monoisotopic (exact) mass is 434 g/mol. The van der Waals surface area contributed by atoms with Crippen molar-refractivity contribution in [1.29, 1.82) is 0 Å². The Bertz CT molecular complexity index is 1100. The number of fused-ring (bicyclic) bond motifs is 1. The lowest BCUT2D eigenvalue weighted by Gasteiger charge is -2.13. The van der Waals surface area contributed by atoms with Crippen LogP contribution in [0.3, 0.4) is 0 Å². The molecular formula is C23H26N6O3. The van der Waals surface area contributed by atoms with Crippen LogP contribution in [0.1, 0.15) is 37.1 Å². The van der Waals surface area contributed by atoms with Crippen molar-refractivity contribution in [1.82, 2.24) is 30.1 Å². The summed E-state index contributed by atoms with van der Waals surface area (Å²) >= 11 is 0. The highest BCUT2D eigenvalue weighted by Crippen LogP contribution is 2.14. The summed E-state index contributed by atoms with van der Waals surface area (Å²) in [4.78, 5) is 38.1. The molecule has 32 heavy (non-hydrogen) atoms. The second-order valence-corrected chi connectivity index (χ2v) is 7.82. The molecule has 3 heterocycles. The van der Waals surface area contributed by atoms with Gasteiger partial charge in [-0.05, 0) is 30.5 Å². The van der Waals surface area contributed by atoms with Crippen LogP contribution < -0.4 is 10.6 Å². The van der Waals surface area contributed by atoms with E-state index in [1.807, 2.05) is 59.1 Å². The van der Waals surface area contributed by atoms with Gasteiger partial charge in [-0.15, -0.1) is 10.2 Å². The van der Waals surface area contributed by atoms with Crippen molar-refractivity contribution in [3.05, 3.63) is 66.1 Å². The number of rotatable bonds is 10. The quantitative estimate of drug-likeness (QED) is 0.375. The van der Waals surface area contributed by atoms with Crippen molar-refractivity contribution in [3.63, 3.8) is 0 Å². The van der Waals surface area contributed by atoms with Crippen LogP contribution in [0, 0.1) is 0 Å². The third kappa shape index (κ3) is 5.11. The molecule has 2 N–H and O–H groups in total. The van der Waals surface area contributed by atoms with Crippen LogP contribution >= 0.6 is 0 Å². The van der Waals surface area contributed by atoms with Crippen molar-refractivity contribution < 1.29 is 14.4 Å². The lowest BCUT2D eigenvalue weighted by Crippen LogP contribution is -2.36. The Morgan fingerprint density at radius 3 is 2.66 bits per heavy atom. The number of nitrogens with zero attached hydrogens (tertiary/aromatic N) is 4. The van der Waals surface area contributed by atoms with Crippen LogP contribution in [0.25, 0.3) is 5.65 Å². The minimum absolute atomic E-state index is 0.0540. The molecule has 2 aromatic heterocycles. The molecule has 0 bridgehead atoms. The molecule has 4 amide bonds. The zero-order valence-electron chi connectivity index (χ0n) is 17.7. The fraction of sp³-hybridized carbons (Fsp3) is 0.348. The first-order valence-corrected chi connectivity index (χ1v) is 10.8. The second kappa shape index (κ2) is 10.0. The lowest BCUT2D eigenvalue weighted by atomic mass is 10.1. The van der Waals surface area contributed by atoms with E-state index < -0.39 is 12.1 Å². The molecule has 1 atom stereocenters. The number of urea groups is 1. The molecule has 1 saturated heterocycles. The fourth-order valence-corrected chi connectivity index (χ4v) is 3.76. The van der Waals surface area contributed by atoms with Crippen LogP contribution in [-0.2, 0) is 22.6 Å². The Kier molecular flexibility index (Phi) is 6.74. The number of carbonyl (C=O) groups excluding carboxylic acids is 3. The summed E-state index contributed by atoms with van der Waals surface area (Å²) in [5.41, 5.74) is 1.70. The van der Waals surface area contributed by atoms with Gasteiger partial charge in [0, 0.05) is 19.2 Å². The number of nitrogens with one attached hydrogen (secondary N) is 2. The van der Waals surface area contributed by atoms with Crippen molar-refractivity contribution in [3.8, 4) is 0 Å². The Hall–Kier alpha value is -3.75. The number of hydrogen-bond donors (Lipinski definition) is 2. The van der Waals surface area contributed by atoms with Gasteiger partial charge in [-0.1, -0.05) is 42.8 Å². The number of carbonyl (C=O) groups is 3. The molecule has 3 aromatic rings. The SMILES string of the molecule is O=C(C[C@@H]1NC(=O)N(Cc2ccccc2)C1=O)NCCCCCc1nnc2ccccn12. The van der Waals surface area contributed by atoms with E-state index in [1.54, 1.807) is 0 Å². The summed E-state index contributed by atoms with van der Waals surface area (Å²) in [7, 11) is 0. The molecule has 0 radical (unpaired) electrons. The molecule has 9 heteroatoms. The average Bonchev–Trinajstić information content (AvgIpc) is 3.33. The summed E-state index contributed by atoms with van der Waals surface area (Å²) in [6.07, 6.45) is 5.42. The Balaban J connectivity index is 1.14. The van der Waals surface area contributed by atoms with Crippen LogP contribution in [-0.4, -0.2) is 49.9 Å². The molecule has 1 aromatic carbocycles. The number of aromatic nitrogens is 3. The molecule has 0 aliphatic carbocycles. The molecule has 1 aliphatic heterocycles. The fourth-order valence-electron chi connectivity index (χ4n) is 3.76. The third-order valence-corrected chi connectivity index (χ3v) is 5.46. The van der Waals surface area contributed by atoms with Gasteiger partial charge in [0.25, 0.3) is 5.91 Å². The van der Waals surface area contributed by atoms with Gasteiger partial charge in [0.1, 0.15) is 11.9 Å². The zero-order chi connectivity index (χ0) is 22.3. The highest BCUT2D eigenvalue weighted by molar-refractivity contribution is 6.05. The van der Waals surface area contributed by atoms with E-state index in [9.17, 15) is 14.4 Å². The molecule has 0 spiro atoms. The highest BCUT2D eigenvalue weighted by atomic mass is 16.2. The van der Waals surface area contributed by atoms with Gasteiger partial charge in [-0.3, -0.25) is 18.9 Å². The normalized spacial score (nSPS) is 15.9. The number of amides is 4. The van der Waals surface area contributed by atoms with Gasteiger partial charge in [0.15, 0.2) is 5.65 Å². The number of hydrogen-bond acceptors (Lipinski definition) is 5. The van der Waals surface area contributed by atoms with E-state index in [1.165, 1.54) is 0 Å². The van der Waals surface area contributed by atoms with Gasteiger partial charge in [-0.2, -0.15) is 0 Å². The minimum atomic E-state index is -0.813. The van der Waals surface area contributed by atoms with E-state index in [2.05, 4.69) is 20.8 Å². The summed E-state index contributed by atoms with van der Waals surface area (Å²) in [5.74, 6) is 0.323. The van der Waals surface area contributed by atoms with Crippen LogP contribution in [0.15, 0.2) is 54.7 Å². The summed E-state index contributed by atoms with van der Waals surface area (Å²) < 4.78 is 1.98.